The third-order valence-corrected chi connectivity index (χ3v) is 7.33. The zero-order valence-electron chi connectivity index (χ0n) is 20.1. The lowest BCUT2D eigenvalue weighted by molar-refractivity contribution is -0.139. The van der Waals surface area contributed by atoms with E-state index in [1.54, 1.807) is 29.2 Å². The quantitative estimate of drug-likeness (QED) is 0.291. The number of amides is 3. The molecule has 2 fully saturated rings. The van der Waals surface area contributed by atoms with Crippen LogP contribution in [0.3, 0.4) is 0 Å². The number of carbonyl (C=O) groups is 4. The average Bonchev–Trinajstić information content (AvgIpc) is 3.32. The van der Waals surface area contributed by atoms with Crippen molar-refractivity contribution in [2.45, 2.75) is 33.6 Å². The highest BCUT2D eigenvalue weighted by molar-refractivity contribution is 6.22. The van der Waals surface area contributed by atoms with Crippen molar-refractivity contribution >= 4 is 35.1 Å². The van der Waals surface area contributed by atoms with Gasteiger partial charge in [0, 0.05) is 24.7 Å². The Morgan fingerprint density at radius 2 is 1.71 bits per heavy atom. The molecule has 0 bridgehead atoms. The summed E-state index contributed by atoms with van der Waals surface area (Å²) < 4.78 is 5.62. The lowest BCUT2D eigenvalue weighted by Gasteiger charge is -2.22. The first-order chi connectivity index (χ1) is 16.8. The average molecular weight is 473 g/mol. The third kappa shape index (κ3) is 3.95. The monoisotopic (exact) mass is 472 g/mol. The Morgan fingerprint density at radius 3 is 2.43 bits per heavy atom. The largest absolute Gasteiger partial charge is 0.426 e. The number of esters is 1. The third-order valence-electron chi connectivity index (χ3n) is 7.33. The molecule has 35 heavy (non-hydrogen) atoms. The van der Waals surface area contributed by atoms with Crippen LogP contribution in [0.2, 0.25) is 0 Å². The first kappa shape index (κ1) is 23.0. The summed E-state index contributed by atoms with van der Waals surface area (Å²) >= 11 is 0. The Kier molecular flexibility index (Phi) is 5.79. The van der Waals surface area contributed by atoms with Gasteiger partial charge >= 0.3 is 5.97 Å². The SMILES string of the molecule is Cc1cccc(C)c1N1C[C@H](C(=O)Oc2cccc(N3C(=O)[C@H]4[C@H](C)C=CC[C@H]4C3=O)c2)CC1=O. The fourth-order valence-corrected chi connectivity index (χ4v) is 5.60. The van der Waals surface area contributed by atoms with E-state index in [0.717, 1.165) is 16.8 Å². The van der Waals surface area contributed by atoms with Crippen LogP contribution in [0.25, 0.3) is 0 Å². The highest BCUT2D eigenvalue weighted by Crippen LogP contribution is 2.41. The Balaban J connectivity index is 1.32. The molecule has 0 radical (unpaired) electrons. The maximum atomic E-state index is 13.1. The summed E-state index contributed by atoms with van der Waals surface area (Å²) in [5, 5.41) is 0. The van der Waals surface area contributed by atoms with E-state index < -0.39 is 11.9 Å². The van der Waals surface area contributed by atoms with Crippen LogP contribution in [0, 0.1) is 37.5 Å². The lowest BCUT2D eigenvalue weighted by atomic mass is 9.78. The molecule has 0 saturated carbocycles. The van der Waals surface area contributed by atoms with E-state index in [-0.39, 0.29) is 54.2 Å². The van der Waals surface area contributed by atoms with Gasteiger partial charge in [-0.15, -0.1) is 0 Å². The second kappa shape index (κ2) is 8.80. The molecule has 0 unspecified atom stereocenters. The summed E-state index contributed by atoms with van der Waals surface area (Å²) in [7, 11) is 0. The van der Waals surface area contributed by atoms with Crippen molar-refractivity contribution in [1.29, 1.82) is 0 Å². The number of aryl methyl sites for hydroxylation is 2. The second-order valence-corrected chi connectivity index (χ2v) is 9.73. The van der Waals surface area contributed by atoms with Gasteiger partial charge in [-0.25, -0.2) is 4.90 Å². The molecule has 2 aromatic carbocycles. The summed E-state index contributed by atoms with van der Waals surface area (Å²) in [6.07, 6.45) is 4.57. The maximum Gasteiger partial charge on any atom is 0.316 e. The number of para-hydroxylation sites is 1. The molecule has 3 amide bonds. The molecule has 0 N–H and O–H groups in total. The Labute approximate surface area is 204 Å². The van der Waals surface area contributed by atoms with Crippen LogP contribution in [-0.2, 0) is 19.2 Å². The van der Waals surface area contributed by atoms with Crippen molar-refractivity contribution in [1.82, 2.24) is 0 Å². The topological polar surface area (TPSA) is 84.0 Å². The number of hydrogen-bond acceptors (Lipinski definition) is 5. The van der Waals surface area contributed by atoms with Crippen LogP contribution in [0.5, 0.6) is 5.75 Å². The molecule has 0 spiro atoms. The molecule has 180 valence electrons. The number of ether oxygens (including phenoxy) is 1. The fourth-order valence-electron chi connectivity index (χ4n) is 5.60. The van der Waals surface area contributed by atoms with Gasteiger partial charge in [0.15, 0.2) is 0 Å². The minimum absolute atomic E-state index is 0.00375. The molecular weight excluding hydrogens is 444 g/mol. The van der Waals surface area contributed by atoms with E-state index in [4.69, 9.17) is 4.74 Å². The lowest BCUT2D eigenvalue weighted by Crippen LogP contribution is -2.31. The summed E-state index contributed by atoms with van der Waals surface area (Å²) in [4.78, 5) is 54.7. The molecule has 1 aliphatic carbocycles. The zero-order valence-corrected chi connectivity index (χ0v) is 20.1. The number of imide groups is 1. The molecule has 3 aliphatic rings. The van der Waals surface area contributed by atoms with Crippen molar-refractivity contribution in [3.63, 3.8) is 0 Å². The first-order valence-corrected chi connectivity index (χ1v) is 12.0. The molecular formula is C28H28N2O5. The van der Waals surface area contributed by atoms with Crippen molar-refractivity contribution in [3.8, 4) is 5.75 Å². The summed E-state index contributed by atoms with van der Waals surface area (Å²) in [6, 6.07) is 12.3. The van der Waals surface area contributed by atoms with Crippen LogP contribution >= 0.6 is 0 Å². The van der Waals surface area contributed by atoms with Gasteiger partial charge in [0.25, 0.3) is 0 Å². The Bertz CT molecular complexity index is 1250. The maximum absolute atomic E-state index is 13.1. The number of fused-ring (bicyclic) bond motifs is 1. The first-order valence-electron chi connectivity index (χ1n) is 12.0. The van der Waals surface area contributed by atoms with Crippen molar-refractivity contribution in [2.24, 2.45) is 23.7 Å². The van der Waals surface area contributed by atoms with Crippen LogP contribution in [0.15, 0.2) is 54.6 Å². The number of rotatable bonds is 4. The predicted molar refractivity (Wildman–Crippen MR) is 131 cm³/mol. The van der Waals surface area contributed by atoms with Gasteiger partial charge in [0.2, 0.25) is 17.7 Å². The van der Waals surface area contributed by atoms with Crippen molar-refractivity contribution in [3.05, 3.63) is 65.7 Å². The minimum atomic E-state index is -0.602. The molecule has 4 atom stereocenters. The van der Waals surface area contributed by atoms with E-state index >= 15 is 0 Å². The number of anilines is 2. The van der Waals surface area contributed by atoms with E-state index in [9.17, 15) is 19.2 Å². The van der Waals surface area contributed by atoms with E-state index in [1.807, 2.05) is 51.1 Å². The molecule has 7 nitrogen and oxygen atoms in total. The van der Waals surface area contributed by atoms with Gasteiger partial charge in [-0.05, 0) is 49.4 Å². The summed E-state index contributed by atoms with van der Waals surface area (Å²) in [5.74, 6) is -2.13. The smallest absolute Gasteiger partial charge is 0.316 e. The van der Waals surface area contributed by atoms with Gasteiger partial charge < -0.3 is 9.64 Å². The van der Waals surface area contributed by atoms with Crippen molar-refractivity contribution in [2.75, 3.05) is 16.3 Å². The zero-order chi connectivity index (χ0) is 24.9. The molecule has 2 aliphatic heterocycles. The Morgan fingerprint density at radius 1 is 1.00 bits per heavy atom. The highest BCUT2D eigenvalue weighted by atomic mass is 16.5. The van der Waals surface area contributed by atoms with Gasteiger partial charge in [-0.2, -0.15) is 0 Å². The number of hydrogen-bond donors (Lipinski definition) is 0. The van der Waals surface area contributed by atoms with Gasteiger partial charge in [-0.1, -0.05) is 43.3 Å². The van der Waals surface area contributed by atoms with Gasteiger partial charge in [0.1, 0.15) is 5.75 Å². The van der Waals surface area contributed by atoms with Crippen molar-refractivity contribution < 1.29 is 23.9 Å². The minimum Gasteiger partial charge on any atom is -0.426 e. The number of nitrogens with zero attached hydrogens (tertiary/aromatic N) is 2. The van der Waals surface area contributed by atoms with Gasteiger partial charge in [-0.3, -0.25) is 19.2 Å². The number of benzene rings is 2. The summed E-state index contributed by atoms with van der Waals surface area (Å²) in [5.41, 5.74) is 3.19. The van der Waals surface area contributed by atoms with E-state index in [0.29, 0.717) is 12.1 Å². The molecule has 2 saturated heterocycles. The van der Waals surface area contributed by atoms with Crippen LogP contribution in [-0.4, -0.2) is 30.2 Å². The van der Waals surface area contributed by atoms with Crippen LogP contribution < -0.4 is 14.5 Å². The van der Waals surface area contributed by atoms with Gasteiger partial charge in [0.05, 0.1) is 23.4 Å². The number of carbonyl (C=O) groups excluding carboxylic acids is 4. The number of allylic oxidation sites excluding steroid dienone is 2. The highest BCUT2D eigenvalue weighted by Gasteiger charge is 2.50. The molecule has 2 heterocycles. The second-order valence-electron chi connectivity index (χ2n) is 9.73. The van der Waals surface area contributed by atoms with E-state index in [1.165, 1.54) is 4.90 Å². The standard InChI is InChI=1S/C28H28N2O5/c1-16-7-5-12-22-24(16)27(33)30(26(22)32)20-10-6-11-21(14-20)35-28(34)19-13-23(31)29(15-19)25-17(2)8-4-9-18(25)3/h4-11,14,16,19,22,24H,12-13,15H2,1-3H3/t16-,19-,22-,24+/m1/s1. The Hall–Kier alpha value is -3.74. The summed E-state index contributed by atoms with van der Waals surface area (Å²) in [6.45, 7) is 6.09. The predicted octanol–water partition coefficient (Wildman–Crippen LogP) is 3.96. The molecule has 0 aromatic heterocycles. The van der Waals surface area contributed by atoms with Crippen LogP contribution in [0.4, 0.5) is 11.4 Å². The van der Waals surface area contributed by atoms with Crippen LogP contribution in [0.1, 0.15) is 30.9 Å². The fraction of sp³-hybridized carbons (Fsp3) is 0.357. The molecule has 5 rings (SSSR count). The normalized spacial score (nSPS) is 25.9. The molecule has 2 aromatic rings. The molecule has 7 heteroatoms. The van der Waals surface area contributed by atoms with E-state index in [2.05, 4.69) is 0 Å².